The van der Waals surface area contributed by atoms with Gasteiger partial charge in [0.2, 0.25) is 0 Å². The minimum Gasteiger partial charge on any atom is -0.393 e. The average molecular weight is 282 g/mol. The summed E-state index contributed by atoms with van der Waals surface area (Å²) in [5.41, 5.74) is -0.325. The van der Waals surface area contributed by atoms with E-state index in [1.165, 1.54) is 4.88 Å². The number of aliphatic hydroxyl groups excluding tert-OH is 1. The number of aryl methyl sites for hydroxylation is 1. The fourth-order valence-electron chi connectivity index (χ4n) is 3.35. The molecule has 108 valence electrons. The van der Waals surface area contributed by atoms with Crippen molar-refractivity contribution in [3.8, 4) is 0 Å². The van der Waals surface area contributed by atoms with Gasteiger partial charge in [-0.2, -0.15) is 0 Å². The molecule has 0 saturated carbocycles. The van der Waals surface area contributed by atoms with Crippen LogP contribution in [-0.2, 0) is 11.2 Å². The Morgan fingerprint density at radius 1 is 1.42 bits per heavy atom. The molecule has 3 heteroatoms. The van der Waals surface area contributed by atoms with Crippen molar-refractivity contribution in [2.24, 2.45) is 5.92 Å². The third kappa shape index (κ3) is 3.80. The molecule has 0 spiro atoms. The molecule has 1 aliphatic rings. The Bertz CT molecular complexity index is 395. The van der Waals surface area contributed by atoms with E-state index in [1.807, 2.05) is 0 Å². The minimum atomic E-state index is -0.253. The van der Waals surface area contributed by atoms with Crippen LogP contribution in [0.4, 0.5) is 0 Å². The van der Waals surface area contributed by atoms with Gasteiger partial charge in [0.1, 0.15) is 0 Å². The molecule has 2 nitrogen and oxygen atoms in total. The first-order chi connectivity index (χ1) is 8.80. The third-order valence-electron chi connectivity index (χ3n) is 4.11. The summed E-state index contributed by atoms with van der Waals surface area (Å²) < 4.78 is 6.06. The van der Waals surface area contributed by atoms with E-state index in [1.54, 1.807) is 11.3 Å². The van der Waals surface area contributed by atoms with Crippen molar-refractivity contribution in [1.82, 2.24) is 0 Å². The molecular formula is C16H26O2S. The molecule has 0 amide bonds. The van der Waals surface area contributed by atoms with Crippen molar-refractivity contribution in [2.75, 3.05) is 0 Å². The van der Waals surface area contributed by atoms with Crippen LogP contribution in [0.1, 0.15) is 51.8 Å². The predicted molar refractivity (Wildman–Crippen MR) is 80.6 cm³/mol. The number of hydrogen-bond donors (Lipinski definition) is 1. The lowest BCUT2D eigenvalue weighted by atomic mass is 9.81. The lowest BCUT2D eigenvalue weighted by molar-refractivity contribution is -0.0882. The third-order valence-corrected chi connectivity index (χ3v) is 5.05. The SMILES string of the molecule is CC1(C)CC(C(O)CCCc2cccs2)C(C)(C)O1. The van der Waals surface area contributed by atoms with Crippen LogP contribution in [-0.4, -0.2) is 22.4 Å². The van der Waals surface area contributed by atoms with E-state index in [9.17, 15) is 5.11 Å². The van der Waals surface area contributed by atoms with Gasteiger partial charge in [-0.05, 0) is 64.8 Å². The Kier molecular flexibility index (Phi) is 4.38. The molecule has 2 unspecified atom stereocenters. The Labute approximate surface area is 120 Å². The second kappa shape index (κ2) is 5.55. The topological polar surface area (TPSA) is 29.5 Å². The minimum absolute atomic E-state index is 0.108. The summed E-state index contributed by atoms with van der Waals surface area (Å²) in [6.45, 7) is 8.45. The van der Waals surface area contributed by atoms with E-state index in [-0.39, 0.29) is 23.2 Å². The smallest absolute Gasteiger partial charge is 0.0687 e. The molecule has 0 aliphatic carbocycles. The Hall–Kier alpha value is -0.380. The molecule has 1 aliphatic heterocycles. The van der Waals surface area contributed by atoms with Gasteiger partial charge in [-0.1, -0.05) is 6.07 Å². The first kappa shape index (κ1) is 15.0. The summed E-state index contributed by atoms with van der Waals surface area (Å²) in [7, 11) is 0. The summed E-state index contributed by atoms with van der Waals surface area (Å²) in [6.07, 6.45) is 3.68. The fourth-order valence-corrected chi connectivity index (χ4v) is 4.10. The van der Waals surface area contributed by atoms with E-state index in [0.29, 0.717) is 0 Å². The molecule has 0 radical (unpaired) electrons. The van der Waals surface area contributed by atoms with Crippen LogP contribution in [0, 0.1) is 5.92 Å². The van der Waals surface area contributed by atoms with Crippen molar-refractivity contribution in [3.05, 3.63) is 22.4 Å². The molecule has 1 saturated heterocycles. The zero-order chi connectivity index (χ0) is 14.1. The highest BCUT2D eigenvalue weighted by Crippen LogP contribution is 2.44. The van der Waals surface area contributed by atoms with Crippen molar-refractivity contribution in [2.45, 2.75) is 70.7 Å². The largest absolute Gasteiger partial charge is 0.393 e. The number of thiophene rings is 1. The van der Waals surface area contributed by atoms with Crippen molar-refractivity contribution < 1.29 is 9.84 Å². The van der Waals surface area contributed by atoms with Crippen LogP contribution in [0.15, 0.2) is 17.5 Å². The highest BCUT2D eigenvalue weighted by atomic mass is 32.1. The van der Waals surface area contributed by atoms with Crippen molar-refractivity contribution >= 4 is 11.3 Å². The molecule has 1 fully saturated rings. The Balaban J connectivity index is 1.84. The maximum absolute atomic E-state index is 10.5. The Morgan fingerprint density at radius 3 is 2.68 bits per heavy atom. The zero-order valence-electron chi connectivity index (χ0n) is 12.5. The van der Waals surface area contributed by atoms with Gasteiger partial charge in [0.05, 0.1) is 17.3 Å². The second-order valence-electron chi connectivity index (χ2n) is 6.81. The number of hydrogen-bond acceptors (Lipinski definition) is 3. The number of rotatable bonds is 5. The lowest BCUT2D eigenvalue weighted by Crippen LogP contribution is -2.36. The van der Waals surface area contributed by atoms with Gasteiger partial charge in [0, 0.05) is 10.8 Å². The molecule has 19 heavy (non-hydrogen) atoms. The van der Waals surface area contributed by atoms with Crippen LogP contribution >= 0.6 is 11.3 Å². The van der Waals surface area contributed by atoms with E-state index in [2.05, 4.69) is 45.2 Å². The molecule has 1 aromatic rings. The van der Waals surface area contributed by atoms with Gasteiger partial charge >= 0.3 is 0 Å². The quantitative estimate of drug-likeness (QED) is 0.883. The molecule has 0 aromatic carbocycles. The summed E-state index contributed by atoms with van der Waals surface area (Å²) in [4.78, 5) is 1.41. The normalized spacial score (nSPS) is 26.5. The van der Waals surface area contributed by atoms with Gasteiger partial charge in [0.25, 0.3) is 0 Å². The zero-order valence-corrected chi connectivity index (χ0v) is 13.3. The van der Waals surface area contributed by atoms with E-state index >= 15 is 0 Å². The first-order valence-electron chi connectivity index (χ1n) is 7.21. The van der Waals surface area contributed by atoms with Crippen molar-refractivity contribution in [3.63, 3.8) is 0 Å². The second-order valence-corrected chi connectivity index (χ2v) is 7.85. The highest BCUT2D eigenvalue weighted by molar-refractivity contribution is 7.09. The van der Waals surface area contributed by atoms with Gasteiger partial charge < -0.3 is 9.84 Å². The molecular weight excluding hydrogens is 256 g/mol. The summed E-state index contributed by atoms with van der Waals surface area (Å²) in [5, 5.41) is 12.6. The van der Waals surface area contributed by atoms with E-state index < -0.39 is 0 Å². The van der Waals surface area contributed by atoms with E-state index in [4.69, 9.17) is 4.74 Å². The average Bonchev–Trinajstić information content (AvgIpc) is 2.83. The molecule has 2 rings (SSSR count). The van der Waals surface area contributed by atoms with Crippen LogP contribution in [0.25, 0.3) is 0 Å². The van der Waals surface area contributed by atoms with Crippen LogP contribution in [0.3, 0.4) is 0 Å². The number of ether oxygens (including phenoxy) is 1. The summed E-state index contributed by atoms with van der Waals surface area (Å²) >= 11 is 1.80. The van der Waals surface area contributed by atoms with E-state index in [0.717, 1.165) is 25.7 Å². The monoisotopic (exact) mass is 282 g/mol. The predicted octanol–water partition coefficient (Wildman–Crippen LogP) is 4.03. The fraction of sp³-hybridized carbons (Fsp3) is 0.750. The summed E-state index contributed by atoms with van der Waals surface area (Å²) in [6, 6.07) is 4.26. The van der Waals surface area contributed by atoms with Crippen LogP contribution in [0.5, 0.6) is 0 Å². The Morgan fingerprint density at radius 2 is 2.16 bits per heavy atom. The lowest BCUT2D eigenvalue weighted by Gasteiger charge is -2.30. The maximum Gasteiger partial charge on any atom is 0.0687 e. The molecule has 0 bridgehead atoms. The van der Waals surface area contributed by atoms with Crippen LogP contribution < -0.4 is 0 Å². The molecule has 2 atom stereocenters. The van der Waals surface area contributed by atoms with Gasteiger partial charge in [0.15, 0.2) is 0 Å². The highest BCUT2D eigenvalue weighted by Gasteiger charge is 2.48. The van der Waals surface area contributed by atoms with Gasteiger partial charge in [-0.3, -0.25) is 0 Å². The molecule has 1 aromatic heterocycles. The van der Waals surface area contributed by atoms with Gasteiger partial charge in [-0.15, -0.1) is 11.3 Å². The maximum atomic E-state index is 10.5. The number of aliphatic hydroxyl groups is 1. The van der Waals surface area contributed by atoms with Crippen molar-refractivity contribution in [1.29, 1.82) is 0 Å². The summed E-state index contributed by atoms with van der Waals surface area (Å²) in [5.74, 6) is 0.242. The molecule has 1 N–H and O–H groups in total. The van der Waals surface area contributed by atoms with Crippen LogP contribution in [0.2, 0.25) is 0 Å². The van der Waals surface area contributed by atoms with Gasteiger partial charge in [-0.25, -0.2) is 0 Å². The molecule has 2 heterocycles. The standard InChI is InChI=1S/C16H26O2S/c1-15(2)11-13(16(3,4)18-15)14(17)9-5-7-12-8-6-10-19-12/h6,8,10,13-14,17H,5,7,9,11H2,1-4H3. The first-order valence-corrected chi connectivity index (χ1v) is 8.09.